The summed E-state index contributed by atoms with van der Waals surface area (Å²) in [5, 5.41) is 9.10. The highest BCUT2D eigenvalue weighted by Gasteiger charge is 2.26. The summed E-state index contributed by atoms with van der Waals surface area (Å²) >= 11 is 1.81. The molecule has 0 bridgehead atoms. The van der Waals surface area contributed by atoms with Crippen molar-refractivity contribution in [2.24, 2.45) is 5.92 Å². The molecule has 27 heavy (non-hydrogen) atoms. The summed E-state index contributed by atoms with van der Waals surface area (Å²) in [6.07, 6.45) is 1.89. The van der Waals surface area contributed by atoms with Crippen molar-refractivity contribution >= 4 is 23.3 Å². The second-order valence-electron chi connectivity index (χ2n) is 7.48. The van der Waals surface area contributed by atoms with E-state index in [1.807, 2.05) is 24.0 Å². The van der Waals surface area contributed by atoms with Gasteiger partial charge in [0, 0.05) is 56.9 Å². The Balaban J connectivity index is 1.43. The van der Waals surface area contributed by atoms with Gasteiger partial charge in [-0.2, -0.15) is 0 Å². The average Bonchev–Trinajstić information content (AvgIpc) is 2.69. The standard InChI is InChI=1S/C21H28N4OS/c1-17(15-24-11-9-23(10-12-24)13-14-26)16-25-18-5-2-3-6-19(18)27-20-7-4-8-22-21(20)25/h2-8,17,26H,9-16H2,1H3. The van der Waals surface area contributed by atoms with E-state index in [9.17, 15) is 0 Å². The molecule has 3 heterocycles. The van der Waals surface area contributed by atoms with Gasteiger partial charge in [0.25, 0.3) is 0 Å². The molecule has 0 radical (unpaired) electrons. The molecule has 0 aliphatic carbocycles. The van der Waals surface area contributed by atoms with Crippen molar-refractivity contribution in [2.75, 3.05) is 57.3 Å². The Hall–Kier alpha value is -1.60. The molecule has 2 aliphatic heterocycles. The highest BCUT2D eigenvalue weighted by Crippen LogP contribution is 2.46. The first-order chi connectivity index (χ1) is 13.2. The molecule has 1 saturated heterocycles. The number of rotatable bonds is 6. The van der Waals surface area contributed by atoms with Crippen LogP contribution in [-0.2, 0) is 0 Å². The van der Waals surface area contributed by atoms with Gasteiger partial charge in [0.15, 0.2) is 0 Å². The maximum atomic E-state index is 9.10. The van der Waals surface area contributed by atoms with E-state index >= 15 is 0 Å². The van der Waals surface area contributed by atoms with Crippen LogP contribution in [0.25, 0.3) is 0 Å². The highest BCUT2D eigenvalue weighted by atomic mass is 32.2. The lowest BCUT2D eigenvalue weighted by Crippen LogP contribution is -2.48. The number of aliphatic hydroxyl groups excluding tert-OH is 1. The van der Waals surface area contributed by atoms with Crippen LogP contribution in [0.3, 0.4) is 0 Å². The van der Waals surface area contributed by atoms with Crippen molar-refractivity contribution in [3.05, 3.63) is 42.6 Å². The second-order valence-corrected chi connectivity index (χ2v) is 8.56. The molecule has 1 aromatic heterocycles. The summed E-state index contributed by atoms with van der Waals surface area (Å²) in [5.41, 5.74) is 1.27. The predicted molar refractivity (Wildman–Crippen MR) is 111 cm³/mol. The number of hydrogen-bond acceptors (Lipinski definition) is 6. The first-order valence-electron chi connectivity index (χ1n) is 9.79. The van der Waals surface area contributed by atoms with Crippen LogP contribution in [0.4, 0.5) is 11.5 Å². The topological polar surface area (TPSA) is 42.8 Å². The number of benzene rings is 1. The number of pyridine rings is 1. The lowest BCUT2D eigenvalue weighted by Gasteiger charge is -2.37. The van der Waals surface area contributed by atoms with Crippen molar-refractivity contribution in [3.63, 3.8) is 0 Å². The second kappa shape index (κ2) is 8.61. The zero-order valence-electron chi connectivity index (χ0n) is 15.9. The van der Waals surface area contributed by atoms with E-state index in [4.69, 9.17) is 10.1 Å². The smallest absolute Gasteiger partial charge is 0.147 e. The summed E-state index contributed by atoms with van der Waals surface area (Å²) in [7, 11) is 0. The normalized spacial score (nSPS) is 18.8. The van der Waals surface area contributed by atoms with E-state index in [1.54, 1.807) is 0 Å². The summed E-state index contributed by atoms with van der Waals surface area (Å²) in [6.45, 7) is 9.76. The minimum Gasteiger partial charge on any atom is -0.395 e. The summed E-state index contributed by atoms with van der Waals surface area (Å²) < 4.78 is 0. The molecule has 1 fully saturated rings. The molecule has 2 aromatic rings. The van der Waals surface area contributed by atoms with Crippen molar-refractivity contribution in [3.8, 4) is 0 Å². The third-order valence-electron chi connectivity index (χ3n) is 5.33. The molecule has 1 aromatic carbocycles. The minimum absolute atomic E-state index is 0.259. The van der Waals surface area contributed by atoms with Gasteiger partial charge in [0.1, 0.15) is 5.82 Å². The van der Waals surface area contributed by atoms with Gasteiger partial charge in [-0.15, -0.1) is 0 Å². The van der Waals surface area contributed by atoms with E-state index < -0.39 is 0 Å². The average molecular weight is 385 g/mol. The highest BCUT2D eigenvalue weighted by molar-refractivity contribution is 7.99. The van der Waals surface area contributed by atoms with Crippen molar-refractivity contribution in [2.45, 2.75) is 16.7 Å². The molecule has 0 amide bonds. The summed E-state index contributed by atoms with van der Waals surface area (Å²) in [5.74, 6) is 1.63. The van der Waals surface area contributed by atoms with Crippen LogP contribution in [0.2, 0.25) is 0 Å². The monoisotopic (exact) mass is 384 g/mol. The number of fused-ring (bicyclic) bond motifs is 2. The molecule has 1 atom stereocenters. The molecule has 0 saturated carbocycles. The van der Waals surface area contributed by atoms with Crippen LogP contribution in [0.5, 0.6) is 0 Å². The number of β-amino-alcohol motifs (C(OH)–C–C–N with tert-alkyl or cyclic N) is 1. The Morgan fingerprint density at radius 3 is 2.56 bits per heavy atom. The van der Waals surface area contributed by atoms with Crippen molar-refractivity contribution in [1.82, 2.24) is 14.8 Å². The molecular weight excluding hydrogens is 356 g/mol. The lowest BCUT2D eigenvalue weighted by atomic mass is 10.1. The number of piperazine rings is 1. The molecule has 1 unspecified atom stereocenters. The third kappa shape index (κ3) is 4.29. The fourth-order valence-electron chi connectivity index (χ4n) is 4.00. The van der Waals surface area contributed by atoms with E-state index in [0.717, 1.165) is 51.6 Å². The predicted octanol–water partition coefficient (Wildman–Crippen LogP) is 2.93. The van der Waals surface area contributed by atoms with E-state index in [0.29, 0.717) is 5.92 Å². The Labute approximate surface area is 166 Å². The number of nitrogens with zero attached hydrogens (tertiary/aromatic N) is 4. The quantitative estimate of drug-likeness (QED) is 0.826. The van der Waals surface area contributed by atoms with Gasteiger partial charge in [0.05, 0.1) is 17.2 Å². The van der Waals surface area contributed by atoms with Crippen LogP contribution < -0.4 is 4.90 Å². The third-order valence-corrected chi connectivity index (χ3v) is 6.43. The first kappa shape index (κ1) is 18.7. The molecule has 5 nitrogen and oxygen atoms in total. The van der Waals surface area contributed by atoms with Crippen LogP contribution in [0.15, 0.2) is 52.4 Å². The van der Waals surface area contributed by atoms with Gasteiger partial charge in [-0.25, -0.2) is 4.98 Å². The largest absolute Gasteiger partial charge is 0.395 e. The minimum atomic E-state index is 0.259. The molecule has 6 heteroatoms. The van der Waals surface area contributed by atoms with E-state index in [2.05, 4.69) is 52.0 Å². The van der Waals surface area contributed by atoms with Gasteiger partial charge in [-0.1, -0.05) is 30.8 Å². The fraction of sp³-hybridized carbons (Fsp3) is 0.476. The number of para-hydroxylation sites is 1. The molecule has 1 N–H and O–H groups in total. The Kier molecular flexibility index (Phi) is 5.98. The zero-order chi connectivity index (χ0) is 18.6. The van der Waals surface area contributed by atoms with Gasteiger partial charge < -0.3 is 14.9 Å². The summed E-state index contributed by atoms with van der Waals surface area (Å²) in [6, 6.07) is 12.8. The van der Waals surface area contributed by atoms with Gasteiger partial charge in [-0.05, 0) is 30.2 Å². The van der Waals surface area contributed by atoms with E-state index in [-0.39, 0.29) is 6.61 Å². The van der Waals surface area contributed by atoms with Gasteiger partial charge in [-0.3, -0.25) is 4.90 Å². The SMILES string of the molecule is CC(CN1CCN(CCO)CC1)CN1c2ccccc2Sc2cccnc21. The number of aliphatic hydroxyl groups is 1. The number of anilines is 2. The fourth-order valence-corrected chi connectivity index (χ4v) is 5.06. The zero-order valence-corrected chi connectivity index (χ0v) is 16.7. The van der Waals surface area contributed by atoms with Gasteiger partial charge in [0.2, 0.25) is 0 Å². The first-order valence-corrected chi connectivity index (χ1v) is 10.6. The number of hydrogen-bond donors (Lipinski definition) is 1. The lowest BCUT2D eigenvalue weighted by molar-refractivity contribution is 0.104. The van der Waals surface area contributed by atoms with Crippen LogP contribution in [0.1, 0.15) is 6.92 Å². The maximum absolute atomic E-state index is 9.10. The molecule has 144 valence electrons. The molecule has 0 spiro atoms. The molecular formula is C21H28N4OS. The maximum Gasteiger partial charge on any atom is 0.147 e. The Morgan fingerprint density at radius 1 is 1.00 bits per heavy atom. The Morgan fingerprint density at radius 2 is 1.74 bits per heavy atom. The van der Waals surface area contributed by atoms with Crippen LogP contribution >= 0.6 is 11.8 Å². The molecule has 4 rings (SSSR count). The molecule has 2 aliphatic rings. The summed E-state index contributed by atoms with van der Waals surface area (Å²) in [4.78, 5) is 14.5. The van der Waals surface area contributed by atoms with Crippen LogP contribution in [-0.4, -0.2) is 72.3 Å². The van der Waals surface area contributed by atoms with Crippen molar-refractivity contribution < 1.29 is 5.11 Å². The Bertz CT molecular complexity index is 718. The van der Waals surface area contributed by atoms with Crippen LogP contribution in [0, 0.1) is 5.92 Å². The number of aromatic nitrogens is 1. The van der Waals surface area contributed by atoms with Crippen molar-refractivity contribution in [1.29, 1.82) is 0 Å². The van der Waals surface area contributed by atoms with E-state index in [1.165, 1.54) is 15.5 Å². The van der Waals surface area contributed by atoms with Gasteiger partial charge >= 0.3 is 0 Å².